The van der Waals surface area contributed by atoms with E-state index in [-0.39, 0.29) is 5.91 Å². The third-order valence-electron chi connectivity index (χ3n) is 4.35. The summed E-state index contributed by atoms with van der Waals surface area (Å²) in [6, 6.07) is 0.303. The first-order chi connectivity index (χ1) is 9.40. The van der Waals surface area contributed by atoms with Gasteiger partial charge in [0.1, 0.15) is 0 Å². The summed E-state index contributed by atoms with van der Waals surface area (Å²) < 4.78 is 5.52. The highest BCUT2D eigenvalue weighted by Crippen LogP contribution is 2.28. The highest BCUT2D eigenvalue weighted by molar-refractivity contribution is 5.92. The van der Waals surface area contributed by atoms with E-state index < -0.39 is 0 Å². The van der Waals surface area contributed by atoms with Crippen LogP contribution in [-0.2, 0) is 0 Å². The normalized spacial score (nSPS) is 24.0. The van der Waals surface area contributed by atoms with Gasteiger partial charge >= 0.3 is 0 Å². The number of amides is 1. The Kier molecular flexibility index (Phi) is 4.51. The second-order valence-corrected chi connectivity index (χ2v) is 6.43. The van der Waals surface area contributed by atoms with Crippen LogP contribution in [0.2, 0.25) is 0 Å². The molecule has 1 amide bonds. The molecule has 1 aromatic heterocycles. The third kappa shape index (κ3) is 3.05. The van der Waals surface area contributed by atoms with E-state index in [1.807, 2.05) is 11.8 Å². The molecule has 1 saturated heterocycles. The van der Waals surface area contributed by atoms with Crippen molar-refractivity contribution in [1.29, 1.82) is 0 Å². The van der Waals surface area contributed by atoms with Crippen LogP contribution in [0.5, 0.6) is 0 Å². The van der Waals surface area contributed by atoms with Gasteiger partial charge in [0.15, 0.2) is 5.89 Å². The summed E-state index contributed by atoms with van der Waals surface area (Å²) in [4.78, 5) is 19.0. The zero-order valence-electron chi connectivity index (χ0n) is 13.3. The topological polar surface area (TPSA) is 46.3 Å². The van der Waals surface area contributed by atoms with Gasteiger partial charge in [0.2, 0.25) is 5.76 Å². The molecule has 4 nitrogen and oxygen atoms in total. The molecule has 2 atom stereocenters. The Morgan fingerprint density at radius 1 is 1.30 bits per heavy atom. The summed E-state index contributed by atoms with van der Waals surface area (Å²) in [6.45, 7) is 11.1. The number of carbonyl (C=O) groups is 1. The van der Waals surface area contributed by atoms with Gasteiger partial charge in [-0.05, 0) is 38.0 Å². The predicted octanol–water partition coefficient (Wildman–Crippen LogP) is 3.58. The molecule has 0 N–H and O–H groups in total. The number of aromatic nitrogens is 1. The second-order valence-electron chi connectivity index (χ2n) is 6.43. The lowest BCUT2D eigenvalue weighted by atomic mass is 9.95. The van der Waals surface area contributed by atoms with Crippen LogP contribution in [-0.4, -0.2) is 28.4 Å². The SMILES string of the molecule is Cc1nc(C)c(C(=O)N2CC[C@H](C)CC[C@H]2C(C)C)o1. The lowest BCUT2D eigenvalue weighted by molar-refractivity contribution is 0.0596. The summed E-state index contributed by atoms with van der Waals surface area (Å²) in [5.41, 5.74) is 0.701. The fraction of sp³-hybridized carbons (Fsp3) is 0.750. The molecule has 2 rings (SSSR count). The Morgan fingerprint density at radius 3 is 2.55 bits per heavy atom. The Balaban J connectivity index is 2.26. The molecule has 1 aliphatic heterocycles. The molecule has 1 aliphatic rings. The molecule has 4 heteroatoms. The summed E-state index contributed by atoms with van der Waals surface area (Å²) >= 11 is 0. The Hall–Kier alpha value is -1.32. The summed E-state index contributed by atoms with van der Waals surface area (Å²) in [5, 5.41) is 0. The van der Waals surface area contributed by atoms with E-state index >= 15 is 0 Å². The zero-order chi connectivity index (χ0) is 14.9. The number of aryl methyl sites for hydroxylation is 2. The number of likely N-dealkylation sites (tertiary alicyclic amines) is 1. The minimum Gasteiger partial charge on any atom is -0.436 e. The van der Waals surface area contributed by atoms with E-state index in [9.17, 15) is 4.79 Å². The van der Waals surface area contributed by atoms with Gasteiger partial charge in [0.05, 0.1) is 5.69 Å². The first-order valence-electron chi connectivity index (χ1n) is 7.65. The van der Waals surface area contributed by atoms with Crippen molar-refractivity contribution in [2.24, 2.45) is 11.8 Å². The lowest BCUT2D eigenvalue weighted by Gasteiger charge is -2.32. The molecule has 0 aromatic carbocycles. The largest absolute Gasteiger partial charge is 0.436 e. The predicted molar refractivity (Wildman–Crippen MR) is 78.7 cm³/mol. The molecule has 0 radical (unpaired) electrons. The molecule has 0 spiro atoms. The number of nitrogens with zero attached hydrogens (tertiary/aromatic N) is 2. The van der Waals surface area contributed by atoms with Crippen molar-refractivity contribution in [1.82, 2.24) is 9.88 Å². The van der Waals surface area contributed by atoms with Gasteiger partial charge in [-0.25, -0.2) is 4.98 Å². The molecule has 1 fully saturated rings. The van der Waals surface area contributed by atoms with Gasteiger partial charge in [0.25, 0.3) is 5.91 Å². The third-order valence-corrected chi connectivity index (χ3v) is 4.35. The van der Waals surface area contributed by atoms with Gasteiger partial charge in [-0.1, -0.05) is 20.8 Å². The van der Waals surface area contributed by atoms with Crippen molar-refractivity contribution in [3.05, 3.63) is 17.3 Å². The maximum atomic E-state index is 12.8. The second kappa shape index (κ2) is 5.98. The van der Waals surface area contributed by atoms with Crippen LogP contribution in [0.3, 0.4) is 0 Å². The van der Waals surface area contributed by atoms with Gasteiger partial charge in [-0.2, -0.15) is 0 Å². The average molecular weight is 278 g/mol. The minimum absolute atomic E-state index is 0.0101. The van der Waals surface area contributed by atoms with Crippen LogP contribution < -0.4 is 0 Å². The van der Waals surface area contributed by atoms with Crippen LogP contribution in [0.25, 0.3) is 0 Å². The smallest absolute Gasteiger partial charge is 0.291 e. The monoisotopic (exact) mass is 278 g/mol. The molecule has 0 unspecified atom stereocenters. The van der Waals surface area contributed by atoms with Gasteiger partial charge in [-0.3, -0.25) is 4.79 Å². The zero-order valence-corrected chi connectivity index (χ0v) is 13.3. The van der Waals surface area contributed by atoms with Crippen molar-refractivity contribution >= 4 is 5.91 Å². The number of rotatable bonds is 2. The fourth-order valence-electron chi connectivity index (χ4n) is 3.09. The summed E-state index contributed by atoms with van der Waals surface area (Å²) in [7, 11) is 0. The van der Waals surface area contributed by atoms with Crippen LogP contribution in [0.15, 0.2) is 4.42 Å². The molecular formula is C16H26N2O2. The molecule has 20 heavy (non-hydrogen) atoms. The van der Waals surface area contributed by atoms with Crippen molar-refractivity contribution < 1.29 is 9.21 Å². The van der Waals surface area contributed by atoms with Crippen molar-refractivity contribution in [2.45, 2.75) is 59.9 Å². The summed E-state index contributed by atoms with van der Waals surface area (Å²) in [5.74, 6) is 2.15. The minimum atomic E-state index is 0.0101. The molecular weight excluding hydrogens is 252 g/mol. The number of oxazole rings is 1. The standard InChI is InChI=1S/C16H26N2O2/c1-10(2)14-7-6-11(3)8-9-18(14)16(19)15-12(4)17-13(5)20-15/h10-11,14H,6-9H2,1-5H3/t11-,14+/m1/s1. The van der Waals surface area contributed by atoms with E-state index in [0.29, 0.717) is 35.2 Å². The molecule has 0 bridgehead atoms. The average Bonchev–Trinajstić information content (AvgIpc) is 2.59. The Labute approximate surface area is 121 Å². The van der Waals surface area contributed by atoms with Gasteiger partial charge in [0, 0.05) is 19.5 Å². The first-order valence-corrected chi connectivity index (χ1v) is 7.65. The lowest BCUT2D eigenvalue weighted by Crippen LogP contribution is -2.43. The molecule has 112 valence electrons. The van der Waals surface area contributed by atoms with E-state index in [0.717, 1.165) is 19.4 Å². The molecule has 0 aliphatic carbocycles. The number of carbonyl (C=O) groups excluding carboxylic acids is 1. The van der Waals surface area contributed by atoms with Crippen molar-refractivity contribution in [3.63, 3.8) is 0 Å². The van der Waals surface area contributed by atoms with Crippen LogP contribution in [0.1, 0.15) is 62.2 Å². The van der Waals surface area contributed by atoms with E-state index in [1.54, 1.807) is 6.92 Å². The van der Waals surface area contributed by atoms with Crippen LogP contribution in [0, 0.1) is 25.7 Å². The number of hydrogen-bond acceptors (Lipinski definition) is 3. The fourth-order valence-corrected chi connectivity index (χ4v) is 3.09. The van der Waals surface area contributed by atoms with Crippen molar-refractivity contribution in [2.75, 3.05) is 6.54 Å². The summed E-state index contributed by atoms with van der Waals surface area (Å²) in [6.07, 6.45) is 3.35. The molecule has 2 heterocycles. The van der Waals surface area contributed by atoms with E-state index in [1.165, 1.54) is 6.42 Å². The van der Waals surface area contributed by atoms with Crippen molar-refractivity contribution in [3.8, 4) is 0 Å². The van der Waals surface area contributed by atoms with E-state index in [2.05, 4.69) is 25.8 Å². The Morgan fingerprint density at radius 2 is 2.00 bits per heavy atom. The van der Waals surface area contributed by atoms with E-state index in [4.69, 9.17) is 4.42 Å². The van der Waals surface area contributed by atoms with Crippen LogP contribution in [0.4, 0.5) is 0 Å². The maximum Gasteiger partial charge on any atom is 0.291 e. The number of hydrogen-bond donors (Lipinski definition) is 0. The first kappa shape index (κ1) is 15.1. The molecule has 0 saturated carbocycles. The Bertz CT molecular complexity index is 479. The van der Waals surface area contributed by atoms with Gasteiger partial charge in [-0.15, -0.1) is 0 Å². The molecule has 1 aromatic rings. The van der Waals surface area contributed by atoms with Crippen LogP contribution >= 0.6 is 0 Å². The quantitative estimate of drug-likeness (QED) is 0.830. The van der Waals surface area contributed by atoms with Gasteiger partial charge < -0.3 is 9.32 Å². The highest BCUT2D eigenvalue weighted by atomic mass is 16.4. The maximum absolute atomic E-state index is 12.8. The highest BCUT2D eigenvalue weighted by Gasteiger charge is 2.32.